The molecule has 1 heterocycles. The van der Waals surface area contributed by atoms with Gasteiger partial charge in [-0.3, -0.25) is 14.3 Å². The number of hydrogen-bond acceptors (Lipinski definition) is 4. The van der Waals surface area contributed by atoms with Crippen LogP contribution in [0.2, 0.25) is 0 Å². The predicted molar refractivity (Wildman–Crippen MR) is 64.0 cm³/mol. The molecule has 1 unspecified atom stereocenters. The Morgan fingerprint density at radius 2 is 2.17 bits per heavy atom. The van der Waals surface area contributed by atoms with Gasteiger partial charge in [0, 0.05) is 19.2 Å². The summed E-state index contributed by atoms with van der Waals surface area (Å²) in [5.74, 6) is -1.92. The first-order chi connectivity index (χ1) is 8.31. The monoisotopic (exact) mass is 254 g/mol. The number of carbonyl (C=O) groups excluding carboxylic acids is 1. The molecule has 0 aromatic carbocycles. The Labute approximate surface area is 106 Å². The number of nitrogens with zero attached hydrogens (tertiary/aromatic N) is 2. The minimum atomic E-state index is -1.59. The number of rotatable bonds is 5. The van der Waals surface area contributed by atoms with Crippen molar-refractivity contribution < 1.29 is 19.4 Å². The highest BCUT2D eigenvalue weighted by Crippen LogP contribution is 2.25. The lowest BCUT2D eigenvalue weighted by Gasteiger charge is -2.22. The zero-order chi connectivity index (χ0) is 13.9. The summed E-state index contributed by atoms with van der Waals surface area (Å²) in [6.45, 7) is 4.99. The molecule has 1 atom stereocenters. The molecular formula is C12H18N2O4. The van der Waals surface area contributed by atoms with Crippen molar-refractivity contribution in [3.05, 3.63) is 17.5 Å². The fraction of sp³-hybridized carbons (Fsp3) is 0.583. The smallest absolute Gasteiger partial charge is 0.323 e. The molecule has 6 heteroatoms. The topological polar surface area (TPSA) is 81.4 Å². The van der Waals surface area contributed by atoms with E-state index in [1.807, 2.05) is 6.92 Å². The second-order valence-corrected chi connectivity index (χ2v) is 4.44. The van der Waals surface area contributed by atoms with Gasteiger partial charge in [-0.25, -0.2) is 0 Å². The SMILES string of the molecule is CCOC(=O)C(C)(Cc1cc(C)nn1C)C(=O)O. The number of ether oxygens (including phenoxy) is 1. The lowest BCUT2D eigenvalue weighted by atomic mass is 9.85. The van der Waals surface area contributed by atoms with E-state index in [0.717, 1.165) is 5.69 Å². The number of esters is 1. The average molecular weight is 254 g/mol. The van der Waals surface area contributed by atoms with Crippen LogP contribution in [0.4, 0.5) is 0 Å². The van der Waals surface area contributed by atoms with Crippen molar-refractivity contribution in [3.8, 4) is 0 Å². The summed E-state index contributed by atoms with van der Waals surface area (Å²) >= 11 is 0. The van der Waals surface area contributed by atoms with Crippen molar-refractivity contribution in [3.63, 3.8) is 0 Å². The van der Waals surface area contributed by atoms with Crippen LogP contribution in [0.3, 0.4) is 0 Å². The van der Waals surface area contributed by atoms with E-state index in [-0.39, 0.29) is 13.0 Å². The minimum absolute atomic E-state index is 0.0541. The molecule has 100 valence electrons. The lowest BCUT2D eigenvalue weighted by molar-refractivity contribution is -0.167. The Morgan fingerprint density at radius 3 is 2.56 bits per heavy atom. The van der Waals surface area contributed by atoms with Crippen molar-refractivity contribution in [2.75, 3.05) is 6.61 Å². The van der Waals surface area contributed by atoms with Crippen molar-refractivity contribution in [2.45, 2.75) is 27.2 Å². The van der Waals surface area contributed by atoms with Crippen LogP contribution in [-0.4, -0.2) is 33.4 Å². The van der Waals surface area contributed by atoms with Crippen LogP contribution in [0.25, 0.3) is 0 Å². The van der Waals surface area contributed by atoms with E-state index in [0.29, 0.717) is 5.69 Å². The molecule has 6 nitrogen and oxygen atoms in total. The van der Waals surface area contributed by atoms with Crippen LogP contribution in [0.5, 0.6) is 0 Å². The maximum atomic E-state index is 11.8. The molecule has 0 saturated heterocycles. The van der Waals surface area contributed by atoms with Crippen LogP contribution in [0.15, 0.2) is 6.07 Å². The van der Waals surface area contributed by atoms with Gasteiger partial charge in [0.1, 0.15) is 0 Å². The van der Waals surface area contributed by atoms with Crippen molar-refractivity contribution in [2.24, 2.45) is 12.5 Å². The largest absolute Gasteiger partial charge is 0.480 e. The molecule has 0 aliphatic carbocycles. The summed E-state index contributed by atoms with van der Waals surface area (Å²) < 4.78 is 6.42. The van der Waals surface area contributed by atoms with E-state index in [2.05, 4.69) is 5.10 Å². The van der Waals surface area contributed by atoms with Gasteiger partial charge in [0.2, 0.25) is 0 Å². The van der Waals surface area contributed by atoms with E-state index in [1.54, 1.807) is 24.7 Å². The molecule has 0 fully saturated rings. The molecule has 0 aliphatic rings. The number of carboxylic acids is 1. The van der Waals surface area contributed by atoms with E-state index in [1.165, 1.54) is 6.92 Å². The summed E-state index contributed by atoms with van der Waals surface area (Å²) in [4.78, 5) is 23.1. The molecule has 18 heavy (non-hydrogen) atoms. The number of aliphatic carboxylic acids is 1. The fourth-order valence-corrected chi connectivity index (χ4v) is 1.72. The zero-order valence-electron chi connectivity index (χ0n) is 11.1. The average Bonchev–Trinajstić information content (AvgIpc) is 2.57. The summed E-state index contributed by atoms with van der Waals surface area (Å²) in [6, 6.07) is 1.76. The summed E-state index contributed by atoms with van der Waals surface area (Å²) in [6.07, 6.45) is 0.0541. The second-order valence-electron chi connectivity index (χ2n) is 4.44. The van der Waals surface area contributed by atoms with Gasteiger partial charge >= 0.3 is 11.9 Å². The van der Waals surface area contributed by atoms with Gasteiger partial charge in [0.05, 0.1) is 12.3 Å². The summed E-state index contributed by atoms with van der Waals surface area (Å²) in [5, 5.41) is 13.4. The first-order valence-corrected chi connectivity index (χ1v) is 5.71. The predicted octanol–water partition coefficient (Wildman–Crippen LogP) is 0.925. The number of carbonyl (C=O) groups is 2. The Bertz CT molecular complexity index is 467. The van der Waals surface area contributed by atoms with Gasteiger partial charge in [-0.1, -0.05) is 0 Å². The molecule has 0 bridgehead atoms. The minimum Gasteiger partial charge on any atom is -0.480 e. The standard InChI is InChI=1S/C12H18N2O4/c1-5-18-11(17)12(3,10(15)16)7-9-6-8(2)13-14(9)4/h6H,5,7H2,1-4H3,(H,15,16). The number of carboxylic acid groups (broad SMARTS) is 1. The highest BCUT2D eigenvalue weighted by atomic mass is 16.5. The Balaban J connectivity index is 3.03. The molecule has 0 aliphatic heterocycles. The van der Waals surface area contributed by atoms with Crippen LogP contribution < -0.4 is 0 Å². The normalized spacial score (nSPS) is 14.0. The third-order valence-corrected chi connectivity index (χ3v) is 2.83. The van der Waals surface area contributed by atoms with Crippen LogP contribution in [0.1, 0.15) is 25.2 Å². The Hall–Kier alpha value is -1.85. The summed E-state index contributed by atoms with van der Waals surface area (Å²) in [5.41, 5.74) is -0.120. The van der Waals surface area contributed by atoms with Crippen LogP contribution >= 0.6 is 0 Å². The molecular weight excluding hydrogens is 236 g/mol. The lowest BCUT2D eigenvalue weighted by Crippen LogP contribution is -2.40. The van der Waals surface area contributed by atoms with Gasteiger partial charge in [0.25, 0.3) is 0 Å². The van der Waals surface area contributed by atoms with Crippen molar-refractivity contribution >= 4 is 11.9 Å². The quantitative estimate of drug-likeness (QED) is 0.624. The van der Waals surface area contributed by atoms with Gasteiger partial charge in [-0.15, -0.1) is 0 Å². The molecule has 1 N–H and O–H groups in total. The highest BCUT2D eigenvalue weighted by Gasteiger charge is 2.43. The summed E-state index contributed by atoms with van der Waals surface area (Å²) in [7, 11) is 1.72. The van der Waals surface area contributed by atoms with E-state index in [4.69, 9.17) is 4.74 Å². The second kappa shape index (κ2) is 5.20. The van der Waals surface area contributed by atoms with E-state index >= 15 is 0 Å². The van der Waals surface area contributed by atoms with Gasteiger partial charge in [0.15, 0.2) is 5.41 Å². The fourth-order valence-electron chi connectivity index (χ4n) is 1.72. The number of aromatic nitrogens is 2. The van der Waals surface area contributed by atoms with Gasteiger partial charge < -0.3 is 9.84 Å². The molecule has 1 rings (SSSR count). The molecule has 1 aromatic rings. The highest BCUT2D eigenvalue weighted by molar-refractivity contribution is 5.98. The van der Waals surface area contributed by atoms with E-state index < -0.39 is 17.4 Å². The van der Waals surface area contributed by atoms with Gasteiger partial charge in [-0.2, -0.15) is 5.10 Å². The molecule has 0 amide bonds. The van der Waals surface area contributed by atoms with Gasteiger partial charge in [-0.05, 0) is 26.8 Å². The molecule has 0 saturated carbocycles. The van der Waals surface area contributed by atoms with Crippen LogP contribution in [-0.2, 0) is 27.8 Å². The zero-order valence-corrected chi connectivity index (χ0v) is 11.1. The number of aryl methyl sites for hydroxylation is 2. The first kappa shape index (κ1) is 14.2. The van der Waals surface area contributed by atoms with Crippen LogP contribution in [0, 0.1) is 12.3 Å². The maximum Gasteiger partial charge on any atom is 0.323 e. The Morgan fingerprint density at radius 1 is 1.56 bits per heavy atom. The van der Waals surface area contributed by atoms with Crippen molar-refractivity contribution in [1.29, 1.82) is 0 Å². The molecule has 1 aromatic heterocycles. The molecule has 0 spiro atoms. The Kier molecular flexibility index (Phi) is 4.11. The third-order valence-electron chi connectivity index (χ3n) is 2.83. The first-order valence-electron chi connectivity index (χ1n) is 5.71. The molecule has 0 radical (unpaired) electrons. The maximum absolute atomic E-state index is 11.8. The van der Waals surface area contributed by atoms with E-state index in [9.17, 15) is 14.7 Å². The van der Waals surface area contributed by atoms with Crippen molar-refractivity contribution in [1.82, 2.24) is 9.78 Å². The third kappa shape index (κ3) is 2.69. The number of hydrogen-bond donors (Lipinski definition) is 1.